The van der Waals surface area contributed by atoms with Crippen LogP contribution in [-0.2, 0) is 11.2 Å². The van der Waals surface area contributed by atoms with E-state index in [0.29, 0.717) is 13.0 Å². The highest BCUT2D eigenvalue weighted by Crippen LogP contribution is 2.11. The molecule has 1 amide bonds. The fourth-order valence-electron chi connectivity index (χ4n) is 1.70. The monoisotopic (exact) mass is 234 g/mol. The lowest BCUT2D eigenvalue weighted by Gasteiger charge is -2.06. The summed E-state index contributed by atoms with van der Waals surface area (Å²) in [6.45, 7) is 2.81. The summed E-state index contributed by atoms with van der Waals surface area (Å²) in [5, 5.41) is 2.89. The number of hydrogen-bond acceptors (Lipinski definition) is 2. The molecule has 1 rings (SSSR count). The minimum atomic E-state index is 0.0710. The molecule has 3 nitrogen and oxygen atoms in total. The molecular weight excluding hydrogens is 212 g/mol. The fraction of sp³-hybridized carbons (Fsp3) is 0.500. The third-order valence-electron chi connectivity index (χ3n) is 2.63. The maximum absolute atomic E-state index is 11.5. The number of aryl methyl sites for hydroxylation is 1. The Morgan fingerprint density at radius 2 is 1.94 bits per heavy atom. The van der Waals surface area contributed by atoms with E-state index in [0.717, 1.165) is 31.4 Å². The van der Waals surface area contributed by atoms with Crippen LogP contribution >= 0.6 is 0 Å². The molecule has 0 aliphatic rings. The predicted octanol–water partition coefficient (Wildman–Crippen LogP) is 2.71. The molecule has 0 bridgehead atoms. The summed E-state index contributed by atoms with van der Waals surface area (Å²) in [6.07, 6.45) is 4.54. The Bertz CT molecular complexity index is 333. The van der Waals surface area contributed by atoms with Crippen LogP contribution in [0, 0.1) is 0 Å². The van der Waals surface area contributed by atoms with Gasteiger partial charge in [0.25, 0.3) is 0 Å². The number of nitrogens with one attached hydrogen (secondary N) is 1. The maximum atomic E-state index is 11.5. The third kappa shape index (κ3) is 5.50. The van der Waals surface area contributed by atoms with Crippen LogP contribution in [-0.4, -0.2) is 12.5 Å². The Hall–Kier alpha value is -1.35. The maximum Gasteiger partial charge on any atom is 0.224 e. The van der Waals surface area contributed by atoms with E-state index in [1.807, 2.05) is 12.1 Å². The van der Waals surface area contributed by atoms with Crippen LogP contribution in [0.25, 0.3) is 0 Å². The molecule has 0 radical (unpaired) electrons. The second-order valence-corrected chi connectivity index (χ2v) is 4.24. The van der Waals surface area contributed by atoms with Gasteiger partial charge in [0.05, 0.1) is 0 Å². The quantitative estimate of drug-likeness (QED) is 0.713. The van der Waals surface area contributed by atoms with E-state index in [2.05, 4.69) is 24.4 Å². The first kappa shape index (κ1) is 13.7. The van der Waals surface area contributed by atoms with Crippen molar-refractivity contribution in [1.29, 1.82) is 0 Å². The first-order valence-corrected chi connectivity index (χ1v) is 6.35. The average molecular weight is 234 g/mol. The van der Waals surface area contributed by atoms with Crippen LogP contribution in [0.1, 0.15) is 38.2 Å². The summed E-state index contributed by atoms with van der Waals surface area (Å²) >= 11 is 0. The van der Waals surface area contributed by atoms with Crippen molar-refractivity contribution in [2.24, 2.45) is 5.73 Å². The lowest BCUT2D eigenvalue weighted by atomic mass is 10.1. The van der Waals surface area contributed by atoms with Crippen molar-refractivity contribution in [3.05, 3.63) is 29.8 Å². The van der Waals surface area contributed by atoms with Crippen LogP contribution in [0.3, 0.4) is 0 Å². The standard InChI is InChI=1S/C14H22N2O/c1-2-5-12-7-9-13(10-8-12)16-14(17)6-3-4-11-15/h7-10H,2-6,11,15H2,1H3,(H,16,17). The van der Waals surface area contributed by atoms with Crippen molar-refractivity contribution in [3.63, 3.8) is 0 Å². The van der Waals surface area contributed by atoms with Gasteiger partial charge in [0.15, 0.2) is 0 Å². The van der Waals surface area contributed by atoms with Gasteiger partial charge in [0.1, 0.15) is 0 Å². The molecule has 0 aliphatic carbocycles. The third-order valence-corrected chi connectivity index (χ3v) is 2.63. The molecule has 94 valence electrons. The van der Waals surface area contributed by atoms with Crippen LogP contribution < -0.4 is 11.1 Å². The Morgan fingerprint density at radius 3 is 2.53 bits per heavy atom. The Morgan fingerprint density at radius 1 is 1.24 bits per heavy atom. The number of carbonyl (C=O) groups is 1. The minimum absolute atomic E-state index is 0.0710. The van der Waals surface area contributed by atoms with Crippen LogP contribution in [0.5, 0.6) is 0 Å². The molecule has 0 saturated heterocycles. The Balaban J connectivity index is 2.37. The number of anilines is 1. The van der Waals surface area contributed by atoms with Gasteiger partial charge in [-0.05, 0) is 43.5 Å². The van der Waals surface area contributed by atoms with Gasteiger partial charge in [-0.2, -0.15) is 0 Å². The molecule has 0 aliphatic heterocycles. The minimum Gasteiger partial charge on any atom is -0.330 e. The molecule has 0 spiro atoms. The smallest absolute Gasteiger partial charge is 0.224 e. The Kier molecular flexibility index (Phi) is 6.33. The van der Waals surface area contributed by atoms with Gasteiger partial charge in [-0.1, -0.05) is 25.5 Å². The molecule has 0 heterocycles. The van der Waals surface area contributed by atoms with Crippen molar-refractivity contribution >= 4 is 11.6 Å². The lowest BCUT2D eigenvalue weighted by molar-refractivity contribution is -0.116. The topological polar surface area (TPSA) is 55.1 Å². The lowest BCUT2D eigenvalue weighted by Crippen LogP contribution is -2.11. The number of rotatable bonds is 7. The molecule has 0 fully saturated rings. The van der Waals surface area contributed by atoms with Crippen molar-refractivity contribution in [3.8, 4) is 0 Å². The molecule has 1 aromatic rings. The van der Waals surface area contributed by atoms with Crippen molar-refractivity contribution in [1.82, 2.24) is 0 Å². The van der Waals surface area contributed by atoms with Gasteiger partial charge in [0, 0.05) is 12.1 Å². The first-order chi connectivity index (χ1) is 8.26. The second kappa shape index (κ2) is 7.85. The molecule has 0 saturated carbocycles. The largest absolute Gasteiger partial charge is 0.330 e. The van der Waals surface area contributed by atoms with Crippen LogP contribution in [0.15, 0.2) is 24.3 Å². The number of unbranched alkanes of at least 4 members (excludes halogenated alkanes) is 1. The zero-order chi connectivity index (χ0) is 12.5. The molecule has 0 unspecified atom stereocenters. The van der Waals surface area contributed by atoms with E-state index >= 15 is 0 Å². The van der Waals surface area contributed by atoms with Gasteiger partial charge >= 0.3 is 0 Å². The van der Waals surface area contributed by atoms with Gasteiger partial charge < -0.3 is 11.1 Å². The summed E-state index contributed by atoms with van der Waals surface area (Å²) < 4.78 is 0. The normalized spacial score (nSPS) is 10.2. The summed E-state index contributed by atoms with van der Waals surface area (Å²) in [4.78, 5) is 11.5. The average Bonchev–Trinajstić information content (AvgIpc) is 2.32. The zero-order valence-corrected chi connectivity index (χ0v) is 10.5. The number of benzene rings is 1. The van der Waals surface area contributed by atoms with E-state index < -0.39 is 0 Å². The summed E-state index contributed by atoms with van der Waals surface area (Å²) in [5.41, 5.74) is 7.57. The Labute approximate surface area is 103 Å². The highest BCUT2D eigenvalue weighted by atomic mass is 16.1. The van der Waals surface area contributed by atoms with E-state index in [4.69, 9.17) is 5.73 Å². The zero-order valence-electron chi connectivity index (χ0n) is 10.5. The van der Waals surface area contributed by atoms with E-state index in [-0.39, 0.29) is 5.91 Å². The predicted molar refractivity (Wildman–Crippen MR) is 72.0 cm³/mol. The van der Waals surface area contributed by atoms with Crippen LogP contribution in [0.2, 0.25) is 0 Å². The summed E-state index contributed by atoms with van der Waals surface area (Å²) in [7, 11) is 0. The van der Waals surface area contributed by atoms with Gasteiger partial charge in [-0.15, -0.1) is 0 Å². The summed E-state index contributed by atoms with van der Waals surface area (Å²) in [6, 6.07) is 8.07. The van der Waals surface area contributed by atoms with E-state index in [9.17, 15) is 4.79 Å². The highest BCUT2D eigenvalue weighted by Gasteiger charge is 2.01. The van der Waals surface area contributed by atoms with Gasteiger partial charge in [-0.25, -0.2) is 0 Å². The molecular formula is C14H22N2O. The molecule has 3 N–H and O–H groups in total. The highest BCUT2D eigenvalue weighted by molar-refractivity contribution is 5.90. The van der Waals surface area contributed by atoms with E-state index in [1.165, 1.54) is 5.56 Å². The SMILES string of the molecule is CCCc1ccc(NC(=O)CCCCN)cc1. The van der Waals surface area contributed by atoms with Crippen molar-refractivity contribution < 1.29 is 4.79 Å². The van der Waals surface area contributed by atoms with E-state index in [1.54, 1.807) is 0 Å². The molecule has 17 heavy (non-hydrogen) atoms. The molecule has 1 aromatic carbocycles. The number of hydrogen-bond donors (Lipinski definition) is 2. The number of amides is 1. The van der Waals surface area contributed by atoms with Crippen molar-refractivity contribution in [2.75, 3.05) is 11.9 Å². The number of carbonyl (C=O) groups excluding carboxylic acids is 1. The molecule has 3 heteroatoms. The van der Waals surface area contributed by atoms with Gasteiger partial charge in [-0.3, -0.25) is 4.79 Å². The first-order valence-electron chi connectivity index (χ1n) is 6.35. The second-order valence-electron chi connectivity index (χ2n) is 4.24. The van der Waals surface area contributed by atoms with Crippen LogP contribution in [0.4, 0.5) is 5.69 Å². The van der Waals surface area contributed by atoms with Crippen molar-refractivity contribution in [2.45, 2.75) is 39.0 Å². The fourth-order valence-corrected chi connectivity index (χ4v) is 1.70. The molecule has 0 aromatic heterocycles. The number of nitrogens with two attached hydrogens (primary N) is 1. The molecule has 0 atom stereocenters. The summed E-state index contributed by atoms with van der Waals surface area (Å²) in [5.74, 6) is 0.0710. The van der Waals surface area contributed by atoms with Gasteiger partial charge in [0.2, 0.25) is 5.91 Å².